The summed E-state index contributed by atoms with van der Waals surface area (Å²) in [7, 11) is 0. The molecule has 15 nitrogen and oxygen atoms in total. The van der Waals surface area contributed by atoms with Crippen LogP contribution in [0, 0.1) is 13.8 Å². The van der Waals surface area contributed by atoms with Gasteiger partial charge in [-0.1, -0.05) is 0 Å². The third kappa shape index (κ3) is 7.03. The van der Waals surface area contributed by atoms with Gasteiger partial charge in [0.15, 0.2) is 24.0 Å². The number of esters is 4. The highest BCUT2D eigenvalue weighted by Gasteiger charge is 2.42. The lowest BCUT2D eigenvalue weighted by atomic mass is 10.0. The minimum Gasteiger partial charge on any atom is -0.462 e. The van der Waals surface area contributed by atoms with Crippen LogP contribution in [0.4, 0.5) is 22.9 Å². The zero-order valence-electron chi connectivity index (χ0n) is 24.2. The van der Waals surface area contributed by atoms with Gasteiger partial charge in [0.2, 0.25) is 5.91 Å². The summed E-state index contributed by atoms with van der Waals surface area (Å²) in [5.74, 6) is -3.81. The highest BCUT2D eigenvalue weighted by molar-refractivity contribution is 6.08. The third-order valence-corrected chi connectivity index (χ3v) is 6.31. The number of H-pyrrole nitrogens is 2. The zero-order chi connectivity index (χ0) is 31.5. The van der Waals surface area contributed by atoms with Crippen molar-refractivity contribution in [2.24, 2.45) is 0 Å². The molecule has 0 saturated carbocycles. The minimum absolute atomic E-state index is 0.113. The molecule has 0 bridgehead atoms. The molecule has 0 fully saturated rings. The van der Waals surface area contributed by atoms with Gasteiger partial charge < -0.3 is 23.8 Å². The average molecular weight is 589 g/mol. The van der Waals surface area contributed by atoms with E-state index in [1.54, 1.807) is 12.1 Å². The van der Waals surface area contributed by atoms with E-state index in [4.69, 9.17) is 18.9 Å². The number of fused-ring (bicyclic) bond motifs is 2. The van der Waals surface area contributed by atoms with Gasteiger partial charge in [0.1, 0.15) is 12.4 Å². The Morgan fingerprint density at radius 2 is 1.31 bits per heavy atom. The second-order valence-corrected chi connectivity index (χ2v) is 9.67. The van der Waals surface area contributed by atoms with Crippen LogP contribution in [0.25, 0.3) is 0 Å². The largest absolute Gasteiger partial charge is 0.462 e. The van der Waals surface area contributed by atoms with E-state index in [1.807, 2.05) is 13.8 Å². The number of nitrogens with one attached hydrogen (secondary N) is 2. The second kappa shape index (κ2) is 12.7. The van der Waals surface area contributed by atoms with E-state index in [0.717, 1.165) is 43.7 Å². The number of ether oxygens (including phenoxy) is 4. The van der Waals surface area contributed by atoms with Crippen molar-refractivity contribution in [2.75, 3.05) is 23.0 Å². The van der Waals surface area contributed by atoms with Crippen LogP contribution in [0.3, 0.4) is 0 Å². The van der Waals surface area contributed by atoms with Gasteiger partial charge in [-0.25, -0.2) is 4.79 Å². The summed E-state index contributed by atoms with van der Waals surface area (Å²) < 4.78 is 21.4. The van der Waals surface area contributed by atoms with Crippen molar-refractivity contribution in [3.8, 4) is 0 Å². The first-order valence-electron chi connectivity index (χ1n) is 12.8. The van der Waals surface area contributed by atoms with Crippen LogP contribution in [0.1, 0.15) is 45.7 Å². The summed E-state index contributed by atoms with van der Waals surface area (Å²) >= 11 is 0. The van der Waals surface area contributed by atoms with Crippen LogP contribution >= 0.6 is 0 Å². The molecule has 0 saturated heterocycles. The minimum atomic E-state index is -1.52. The van der Waals surface area contributed by atoms with Crippen molar-refractivity contribution in [1.82, 2.24) is 9.97 Å². The Kier molecular flexibility index (Phi) is 9.55. The highest BCUT2D eigenvalue weighted by Crippen LogP contribution is 2.46. The number of amides is 1. The number of anilines is 4. The van der Waals surface area contributed by atoms with Crippen LogP contribution in [0.5, 0.6) is 0 Å². The molecule has 1 amide bonds. The average Bonchev–Trinajstić information content (AvgIpc) is 2.85. The molecule has 2 heterocycles. The maximum Gasteiger partial charge on any atom is 0.327 e. The van der Waals surface area contributed by atoms with Crippen molar-refractivity contribution in [3.63, 3.8) is 0 Å². The predicted octanol–water partition coefficient (Wildman–Crippen LogP) is 1.17. The summed E-state index contributed by atoms with van der Waals surface area (Å²) in [4.78, 5) is 93.6. The number of aromatic nitrogens is 2. The molecule has 3 rings (SSSR count). The van der Waals surface area contributed by atoms with Crippen LogP contribution in [0.2, 0.25) is 0 Å². The Bertz CT molecular complexity index is 1540. The van der Waals surface area contributed by atoms with Gasteiger partial charge in [-0.2, -0.15) is 0 Å². The van der Waals surface area contributed by atoms with Crippen molar-refractivity contribution < 1.29 is 42.9 Å². The van der Waals surface area contributed by atoms with Gasteiger partial charge in [0.25, 0.3) is 5.56 Å². The lowest BCUT2D eigenvalue weighted by Gasteiger charge is -2.40. The monoisotopic (exact) mass is 588 g/mol. The van der Waals surface area contributed by atoms with E-state index < -0.39 is 66.0 Å². The molecule has 15 heteroatoms. The molecule has 0 aliphatic carbocycles. The fourth-order valence-electron chi connectivity index (χ4n) is 4.60. The Morgan fingerprint density at radius 1 is 0.762 bits per heavy atom. The van der Waals surface area contributed by atoms with E-state index in [1.165, 1.54) is 11.8 Å². The molecule has 0 spiro atoms. The first-order chi connectivity index (χ1) is 19.6. The topological polar surface area (TPSA) is 194 Å². The standard InChI is InChI=1S/C27H32N4O11/c1-12-8-19-20(9-13(12)2)31(14(3)32)23-25(28-27(38)29-26(23)37)30(19)10-21(40-16(5)34)24(42-18(7)36)22(41-17(6)35)11-39-15(4)33/h8-9,21-22,24H,10-11H2,1-7H3,(H2,28,29,37,38). The molecule has 1 aromatic heterocycles. The second-order valence-electron chi connectivity index (χ2n) is 9.67. The van der Waals surface area contributed by atoms with Crippen LogP contribution in [-0.4, -0.2) is 71.2 Å². The van der Waals surface area contributed by atoms with Crippen molar-refractivity contribution >= 4 is 52.7 Å². The van der Waals surface area contributed by atoms with Crippen LogP contribution in [0.15, 0.2) is 21.7 Å². The molecular weight excluding hydrogens is 556 g/mol. The Morgan fingerprint density at radius 3 is 1.83 bits per heavy atom. The SMILES string of the molecule is CC(=O)OCC(OC(C)=O)C(OC(C)=O)C(CN1c2cc(C)c(C)cc2N(C(C)=O)c2c1[nH]c(=O)[nH]c2=O)OC(C)=O. The summed E-state index contributed by atoms with van der Waals surface area (Å²) in [6.45, 7) is 8.31. The van der Waals surface area contributed by atoms with Gasteiger partial charge in [-0.05, 0) is 37.1 Å². The molecule has 42 heavy (non-hydrogen) atoms. The van der Waals surface area contributed by atoms with E-state index in [0.29, 0.717) is 5.69 Å². The first-order valence-corrected chi connectivity index (χ1v) is 12.8. The fourth-order valence-corrected chi connectivity index (χ4v) is 4.60. The fraction of sp³-hybridized carbons (Fsp3) is 0.444. The molecule has 0 radical (unpaired) electrons. The zero-order valence-corrected chi connectivity index (χ0v) is 24.2. The van der Waals surface area contributed by atoms with Crippen molar-refractivity contribution in [3.05, 3.63) is 44.1 Å². The number of carbonyl (C=O) groups is 5. The van der Waals surface area contributed by atoms with Crippen molar-refractivity contribution in [1.29, 1.82) is 0 Å². The molecule has 3 atom stereocenters. The molecule has 2 aromatic rings. The van der Waals surface area contributed by atoms with Crippen molar-refractivity contribution in [2.45, 2.75) is 66.8 Å². The Labute approximate surface area is 239 Å². The molecule has 1 aliphatic rings. The predicted molar refractivity (Wildman–Crippen MR) is 147 cm³/mol. The maximum atomic E-state index is 13.1. The lowest BCUT2D eigenvalue weighted by Crippen LogP contribution is -2.52. The number of hydrogen-bond donors (Lipinski definition) is 2. The van der Waals surface area contributed by atoms with Gasteiger partial charge in [0.05, 0.1) is 17.9 Å². The number of aryl methyl sites for hydroxylation is 2. The van der Waals surface area contributed by atoms with Gasteiger partial charge in [-0.3, -0.25) is 43.6 Å². The summed E-state index contributed by atoms with van der Waals surface area (Å²) in [5.41, 5.74) is 0.238. The molecule has 2 N–H and O–H groups in total. The molecule has 3 unspecified atom stereocenters. The van der Waals surface area contributed by atoms with Gasteiger partial charge in [-0.15, -0.1) is 0 Å². The Hall–Kier alpha value is -4.95. The van der Waals surface area contributed by atoms with Gasteiger partial charge in [0, 0.05) is 34.6 Å². The smallest absolute Gasteiger partial charge is 0.327 e. The van der Waals surface area contributed by atoms with E-state index >= 15 is 0 Å². The normalized spacial score (nSPS) is 14.1. The number of rotatable bonds is 9. The van der Waals surface area contributed by atoms with E-state index in [-0.39, 0.29) is 23.7 Å². The van der Waals surface area contributed by atoms with E-state index in [9.17, 15) is 33.6 Å². The molecule has 226 valence electrons. The first kappa shape index (κ1) is 31.6. The number of carbonyl (C=O) groups excluding carboxylic acids is 5. The highest BCUT2D eigenvalue weighted by atomic mass is 16.6. The Balaban J connectivity index is 2.28. The maximum absolute atomic E-state index is 13.1. The summed E-state index contributed by atoms with van der Waals surface area (Å²) in [6.07, 6.45) is -4.37. The van der Waals surface area contributed by atoms with E-state index in [2.05, 4.69) is 9.97 Å². The number of hydrogen-bond acceptors (Lipinski definition) is 12. The summed E-state index contributed by atoms with van der Waals surface area (Å²) in [6, 6.07) is 3.39. The quantitative estimate of drug-likeness (QED) is 0.314. The van der Waals surface area contributed by atoms with Gasteiger partial charge >= 0.3 is 29.6 Å². The molecule has 1 aromatic carbocycles. The molecule has 1 aliphatic heterocycles. The number of benzene rings is 1. The lowest BCUT2D eigenvalue weighted by molar-refractivity contribution is -0.188. The van der Waals surface area contributed by atoms with Crippen LogP contribution < -0.4 is 21.0 Å². The molecular formula is C27H32N4O11. The number of aromatic amines is 2. The van der Waals surface area contributed by atoms with Crippen LogP contribution in [-0.2, 0) is 42.9 Å². The summed E-state index contributed by atoms with van der Waals surface area (Å²) in [5, 5.41) is 0. The third-order valence-electron chi connectivity index (χ3n) is 6.31. The number of nitrogens with zero attached hydrogens (tertiary/aromatic N) is 2.